The van der Waals surface area contributed by atoms with Gasteiger partial charge < -0.3 is 10.1 Å². The molecule has 0 unspecified atom stereocenters. The smallest absolute Gasteiger partial charge is 0.341 e. The quantitative estimate of drug-likeness (QED) is 0.832. The lowest BCUT2D eigenvalue weighted by atomic mass is 9.53. The molecule has 1 aromatic carbocycles. The van der Waals surface area contributed by atoms with E-state index < -0.39 is 23.7 Å². The molecule has 4 fully saturated rings. The first-order chi connectivity index (χ1) is 12.3. The fourth-order valence-electron chi connectivity index (χ4n) is 5.56. The molecular formula is C20H23F2NO3. The van der Waals surface area contributed by atoms with E-state index in [4.69, 9.17) is 4.74 Å². The molecule has 1 atom stereocenters. The standard InChI is InChI=1S/C20H23F2NO3/c1-11(26-19(25)16-3-2-15(21)7-17(16)22)18(24)23-20-8-12-4-13(9-20)6-14(5-12)10-20/h2-3,7,11-14H,4-6,8-10H2,1H3,(H,23,24)/t11-,12?,13?,14?,20?/m1/s1. The van der Waals surface area contributed by atoms with Crippen molar-refractivity contribution in [2.45, 2.75) is 57.1 Å². The minimum Gasteiger partial charge on any atom is -0.449 e. The first-order valence-corrected chi connectivity index (χ1v) is 9.31. The van der Waals surface area contributed by atoms with E-state index in [1.807, 2.05) is 0 Å². The number of hydrogen-bond donors (Lipinski definition) is 1. The van der Waals surface area contributed by atoms with Crippen LogP contribution < -0.4 is 5.32 Å². The highest BCUT2D eigenvalue weighted by Gasteiger charge is 2.51. The minimum atomic E-state index is -1.03. The van der Waals surface area contributed by atoms with Gasteiger partial charge in [0.15, 0.2) is 6.10 Å². The minimum absolute atomic E-state index is 0.173. The molecule has 26 heavy (non-hydrogen) atoms. The van der Waals surface area contributed by atoms with Crippen molar-refractivity contribution in [3.63, 3.8) is 0 Å². The van der Waals surface area contributed by atoms with Crippen LogP contribution in [0.5, 0.6) is 0 Å². The third-order valence-electron chi connectivity index (χ3n) is 6.23. The van der Waals surface area contributed by atoms with Crippen molar-refractivity contribution in [3.8, 4) is 0 Å². The lowest BCUT2D eigenvalue weighted by molar-refractivity contribution is -0.134. The summed E-state index contributed by atoms with van der Waals surface area (Å²) in [4.78, 5) is 24.7. The molecule has 0 aromatic heterocycles. The van der Waals surface area contributed by atoms with Crippen molar-refractivity contribution in [2.24, 2.45) is 17.8 Å². The maximum absolute atomic E-state index is 13.7. The first-order valence-electron chi connectivity index (χ1n) is 9.31. The van der Waals surface area contributed by atoms with Crippen LogP contribution >= 0.6 is 0 Å². The largest absolute Gasteiger partial charge is 0.449 e. The average Bonchev–Trinajstić information content (AvgIpc) is 2.52. The van der Waals surface area contributed by atoms with E-state index in [1.165, 1.54) is 26.2 Å². The van der Waals surface area contributed by atoms with Crippen LogP contribution in [0.3, 0.4) is 0 Å². The second-order valence-electron chi connectivity index (χ2n) is 8.36. The molecule has 1 aromatic rings. The van der Waals surface area contributed by atoms with Gasteiger partial charge in [-0.3, -0.25) is 4.79 Å². The van der Waals surface area contributed by atoms with Crippen LogP contribution in [-0.4, -0.2) is 23.5 Å². The molecule has 0 saturated heterocycles. The topological polar surface area (TPSA) is 55.4 Å². The summed E-state index contributed by atoms with van der Waals surface area (Å²) in [6.07, 6.45) is 5.77. The zero-order chi connectivity index (χ0) is 18.5. The fourth-order valence-corrected chi connectivity index (χ4v) is 5.56. The van der Waals surface area contributed by atoms with Crippen LogP contribution in [0.25, 0.3) is 0 Å². The Balaban J connectivity index is 1.40. The van der Waals surface area contributed by atoms with E-state index in [2.05, 4.69) is 5.32 Å². The van der Waals surface area contributed by atoms with Crippen LogP contribution in [0.1, 0.15) is 55.8 Å². The van der Waals surface area contributed by atoms with Gasteiger partial charge in [0.05, 0.1) is 5.56 Å². The molecule has 4 nitrogen and oxygen atoms in total. The van der Waals surface area contributed by atoms with Crippen LogP contribution in [0.15, 0.2) is 18.2 Å². The summed E-state index contributed by atoms with van der Waals surface area (Å²) < 4.78 is 31.8. The zero-order valence-corrected chi connectivity index (χ0v) is 14.8. The van der Waals surface area contributed by atoms with Crippen molar-refractivity contribution >= 4 is 11.9 Å². The number of esters is 1. The zero-order valence-electron chi connectivity index (χ0n) is 14.8. The Morgan fingerprint density at radius 2 is 1.69 bits per heavy atom. The molecule has 4 saturated carbocycles. The van der Waals surface area contributed by atoms with E-state index >= 15 is 0 Å². The number of hydrogen-bond acceptors (Lipinski definition) is 3. The van der Waals surface area contributed by atoms with Gasteiger partial charge in [-0.25, -0.2) is 13.6 Å². The summed E-state index contributed by atoms with van der Waals surface area (Å²) in [7, 11) is 0. The van der Waals surface area contributed by atoms with Gasteiger partial charge in [-0.15, -0.1) is 0 Å². The molecule has 140 valence electrons. The summed E-state index contributed by atoms with van der Waals surface area (Å²) in [5.41, 5.74) is -0.547. The molecule has 1 amide bonds. The second kappa shape index (κ2) is 6.32. The second-order valence-corrected chi connectivity index (χ2v) is 8.36. The van der Waals surface area contributed by atoms with Crippen LogP contribution in [0.4, 0.5) is 8.78 Å². The van der Waals surface area contributed by atoms with Gasteiger partial charge >= 0.3 is 5.97 Å². The van der Waals surface area contributed by atoms with Crippen molar-refractivity contribution in [2.75, 3.05) is 0 Å². The third-order valence-corrected chi connectivity index (χ3v) is 6.23. The fraction of sp³-hybridized carbons (Fsp3) is 0.600. The monoisotopic (exact) mass is 363 g/mol. The van der Waals surface area contributed by atoms with Gasteiger partial charge in [0.2, 0.25) is 0 Å². The van der Waals surface area contributed by atoms with Gasteiger partial charge in [-0.05, 0) is 75.3 Å². The van der Waals surface area contributed by atoms with Gasteiger partial charge in [-0.2, -0.15) is 0 Å². The lowest BCUT2D eigenvalue weighted by Crippen LogP contribution is -2.61. The molecule has 4 aliphatic rings. The van der Waals surface area contributed by atoms with E-state index in [-0.39, 0.29) is 17.0 Å². The number of rotatable bonds is 4. The van der Waals surface area contributed by atoms with E-state index in [9.17, 15) is 18.4 Å². The Hall–Kier alpha value is -1.98. The van der Waals surface area contributed by atoms with Crippen molar-refractivity contribution in [1.82, 2.24) is 5.32 Å². The highest BCUT2D eigenvalue weighted by atomic mass is 19.1. The Kier molecular flexibility index (Phi) is 4.24. The molecule has 1 N–H and O–H groups in total. The van der Waals surface area contributed by atoms with Crippen LogP contribution in [-0.2, 0) is 9.53 Å². The normalized spacial score (nSPS) is 33.0. The summed E-state index contributed by atoms with van der Waals surface area (Å²) in [6, 6.07) is 2.63. The number of halogens is 2. The first kappa shape index (κ1) is 17.4. The maximum atomic E-state index is 13.7. The summed E-state index contributed by atoms with van der Waals surface area (Å²) >= 11 is 0. The highest BCUT2D eigenvalue weighted by Crippen LogP contribution is 2.55. The van der Waals surface area contributed by atoms with Gasteiger partial charge in [0.1, 0.15) is 11.6 Å². The summed E-state index contributed by atoms with van der Waals surface area (Å²) in [6.45, 7) is 1.48. The molecular weight excluding hydrogens is 340 g/mol. The SMILES string of the molecule is C[C@@H](OC(=O)c1ccc(F)cc1F)C(=O)NC12CC3CC(CC(C3)C1)C2. The van der Waals surface area contributed by atoms with Crippen LogP contribution in [0, 0.1) is 29.4 Å². The van der Waals surface area contributed by atoms with Crippen molar-refractivity contribution in [1.29, 1.82) is 0 Å². The molecule has 0 heterocycles. The molecule has 0 aliphatic heterocycles. The van der Waals surface area contributed by atoms with E-state index in [0.717, 1.165) is 31.4 Å². The summed E-state index contributed by atoms with van der Waals surface area (Å²) in [5, 5.41) is 3.13. The maximum Gasteiger partial charge on any atom is 0.341 e. The third kappa shape index (κ3) is 3.21. The number of ether oxygens (including phenoxy) is 1. The Morgan fingerprint density at radius 3 is 2.23 bits per heavy atom. The van der Waals surface area contributed by atoms with Crippen molar-refractivity contribution < 1.29 is 23.1 Å². The Labute approximate surface area is 151 Å². The molecule has 4 bridgehead atoms. The van der Waals surface area contributed by atoms with Gasteiger partial charge in [-0.1, -0.05) is 0 Å². The van der Waals surface area contributed by atoms with E-state index in [0.29, 0.717) is 23.8 Å². The van der Waals surface area contributed by atoms with Crippen molar-refractivity contribution in [3.05, 3.63) is 35.4 Å². The number of carbonyl (C=O) groups excluding carboxylic acids is 2. The molecule has 4 aliphatic carbocycles. The average molecular weight is 363 g/mol. The number of benzene rings is 1. The Bertz CT molecular complexity index is 713. The van der Waals surface area contributed by atoms with Gasteiger partial charge in [0, 0.05) is 11.6 Å². The Morgan fingerprint density at radius 1 is 1.12 bits per heavy atom. The lowest BCUT2D eigenvalue weighted by Gasteiger charge is -2.57. The summed E-state index contributed by atoms with van der Waals surface area (Å²) in [5.74, 6) is -1.01. The number of carbonyl (C=O) groups is 2. The molecule has 0 spiro atoms. The predicted octanol–water partition coefficient (Wildman–Crippen LogP) is 3.60. The predicted molar refractivity (Wildman–Crippen MR) is 90.3 cm³/mol. The molecule has 6 heteroatoms. The van der Waals surface area contributed by atoms with Crippen LogP contribution in [0.2, 0.25) is 0 Å². The number of nitrogens with one attached hydrogen (secondary N) is 1. The van der Waals surface area contributed by atoms with E-state index in [1.54, 1.807) is 0 Å². The molecule has 5 rings (SSSR count). The van der Waals surface area contributed by atoms with Gasteiger partial charge in [0.25, 0.3) is 5.91 Å². The number of amides is 1. The highest BCUT2D eigenvalue weighted by molar-refractivity contribution is 5.92. The molecule has 0 radical (unpaired) electrons.